The van der Waals surface area contributed by atoms with Crippen molar-refractivity contribution in [2.24, 2.45) is 5.92 Å². The lowest BCUT2D eigenvalue weighted by Gasteiger charge is -2.38. The number of hydrogen-bond donors (Lipinski definition) is 0. The second-order valence-corrected chi connectivity index (χ2v) is 5.51. The van der Waals surface area contributed by atoms with Crippen LogP contribution in [0.5, 0.6) is 0 Å². The molecule has 0 N–H and O–H groups in total. The second kappa shape index (κ2) is 5.85. The molecule has 2 atom stereocenters. The third kappa shape index (κ3) is 2.68. The summed E-state index contributed by atoms with van der Waals surface area (Å²) in [5.74, 6) is 0.407. The average molecular weight is 274 g/mol. The van der Waals surface area contributed by atoms with Crippen molar-refractivity contribution in [3.8, 4) is 6.07 Å². The summed E-state index contributed by atoms with van der Waals surface area (Å²) < 4.78 is 0. The quantitative estimate of drug-likeness (QED) is 0.795. The van der Waals surface area contributed by atoms with Gasteiger partial charge in [-0.1, -0.05) is 55.5 Å². The third-order valence-corrected chi connectivity index (χ3v) is 3.94. The van der Waals surface area contributed by atoms with Gasteiger partial charge in [0.25, 0.3) is 0 Å². The normalized spacial score (nSPS) is 21.5. The van der Waals surface area contributed by atoms with Gasteiger partial charge in [-0.05, 0) is 36.1 Å². The molecule has 2 heteroatoms. The van der Waals surface area contributed by atoms with Crippen molar-refractivity contribution in [2.45, 2.75) is 19.4 Å². The van der Waals surface area contributed by atoms with Crippen LogP contribution in [0.1, 0.15) is 24.9 Å². The summed E-state index contributed by atoms with van der Waals surface area (Å²) in [5, 5.41) is 9.55. The fraction of sp³-hybridized carbons (Fsp3) is 0.211. The van der Waals surface area contributed by atoms with E-state index in [0.717, 1.165) is 17.8 Å². The van der Waals surface area contributed by atoms with Crippen LogP contribution < -0.4 is 4.90 Å². The first-order valence-corrected chi connectivity index (χ1v) is 7.30. The number of rotatable bonds is 2. The van der Waals surface area contributed by atoms with Crippen LogP contribution in [0.2, 0.25) is 0 Å². The van der Waals surface area contributed by atoms with E-state index in [4.69, 9.17) is 0 Å². The summed E-state index contributed by atoms with van der Waals surface area (Å²) in [4.78, 5) is 2.16. The Morgan fingerprint density at radius 2 is 1.62 bits per heavy atom. The Hall–Kier alpha value is -2.53. The monoisotopic (exact) mass is 274 g/mol. The summed E-state index contributed by atoms with van der Waals surface area (Å²) in [7, 11) is 0. The van der Waals surface area contributed by atoms with Gasteiger partial charge < -0.3 is 4.90 Å². The maximum absolute atomic E-state index is 9.55. The van der Waals surface area contributed by atoms with Gasteiger partial charge in [-0.2, -0.15) is 5.26 Å². The molecule has 3 rings (SSSR count). The minimum absolute atomic E-state index is 0.211. The second-order valence-electron chi connectivity index (χ2n) is 5.51. The van der Waals surface area contributed by atoms with Crippen molar-refractivity contribution in [2.75, 3.05) is 4.90 Å². The molecule has 1 heterocycles. The molecule has 0 bridgehead atoms. The van der Waals surface area contributed by atoms with Crippen LogP contribution in [-0.4, -0.2) is 0 Å². The molecule has 0 amide bonds. The number of hydrogen-bond acceptors (Lipinski definition) is 2. The van der Waals surface area contributed by atoms with Gasteiger partial charge in [-0.15, -0.1) is 0 Å². The van der Waals surface area contributed by atoms with Crippen LogP contribution in [0.15, 0.2) is 72.4 Å². The number of benzene rings is 2. The SMILES string of the molecule is C[C@H]1C=C(C#N)N(c2ccccc2)[C@@H](c2ccccc2)C1. The molecule has 0 saturated carbocycles. The number of nitriles is 1. The van der Waals surface area contributed by atoms with E-state index in [2.05, 4.69) is 60.4 Å². The number of nitrogens with zero attached hydrogens (tertiary/aromatic N) is 2. The van der Waals surface area contributed by atoms with Crippen molar-refractivity contribution in [1.29, 1.82) is 5.26 Å². The van der Waals surface area contributed by atoms with E-state index >= 15 is 0 Å². The molecule has 0 saturated heterocycles. The molecule has 104 valence electrons. The first kappa shape index (κ1) is 13.5. The van der Waals surface area contributed by atoms with Gasteiger partial charge >= 0.3 is 0 Å². The molecule has 2 aromatic rings. The van der Waals surface area contributed by atoms with Crippen LogP contribution in [0, 0.1) is 17.2 Å². The molecule has 21 heavy (non-hydrogen) atoms. The van der Waals surface area contributed by atoms with Gasteiger partial charge in [0, 0.05) is 5.69 Å². The Morgan fingerprint density at radius 1 is 1.00 bits per heavy atom. The lowest BCUT2D eigenvalue weighted by Crippen LogP contribution is -2.32. The van der Waals surface area contributed by atoms with E-state index in [1.165, 1.54) is 5.56 Å². The van der Waals surface area contributed by atoms with E-state index in [1.54, 1.807) is 0 Å². The minimum atomic E-state index is 0.211. The maximum atomic E-state index is 9.55. The standard InChI is InChI=1S/C19H18N2/c1-15-12-18(14-20)21(17-10-6-3-7-11-17)19(13-15)16-8-4-2-5-9-16/h2-12,15,19H,13H2,1H3/t15-,19+/m0/s1. The zero-order chi connectivity index (χ0) is 14.7. The third-order valence-electron chi connectivity index (χ3n) is 3.94. The molecule has 0 spiro atoms. The van der Waals surface area contributed by atoms with Crippen LogP contribution in [0.4, 0.5) is 5.69 Å². The Morgan fingerprint density at radius 3 is 2.24 bits per heavy atom. The lowest BCUT2D eigenvalue weighted by molar-refractivity contribution is 0.505. The molecule has 1 aliphatic heterocycles. The zero-order valence-electron chi connectivity index (χ0n) is 12.1. The number of para-hydroxylation sites is 1. The molecular formula is C19H18N2. The summed E-state index contributed by atoms with van der Waals surface area (Å²) >= 11 is 0. The highest BCUT2D eigenvalue weighted by Gasteiger charge is 2.29. The van der Waals surface area contributed by atoms with E-state index in [1.807, 2.05) is 24.3 Å². The molecule has 0 aliphatic carbocycles. The van der Waals surface area contributed by atoms with Gasteiger partial charge in [0.05, 0.1) is 6.04 Å². The summed E-state index contributed by atoms with van der Waals surface area (Å²) in [6.07, 6.45) is 3.09. The lowest BCUT2D eigenvalue weighted by atomic mass is 9.89. The van der Waals surface area contributed by atoms with E-state index in [9.17, 15) is 5.26 Å². The first-order chi connectivity index (χ1) is 10.3. The van der Waals surface area contributed by atoms with Crippen molar-refractivity contribution >= 4 is 5.69 Å². The fourth-order valence-electron chi connectivity index (χ4n) is 3.00. The molecule has 2 nitrogen and oxygen atoms in total. The number of anilines is 1. The smallest absolute Gasteiger partial charge is 0.117 e. The molecule has 2 aromatic carbocycles. The fourth-order valence-corrected chi connectivity index (χ4v) is 3.00. The Balaban J connectivity index is 2.09. The molecule has 0 radical (unpaired) electrons. The zero-order valence-corrected chi connectivity index (χ0v) is 12.1. The van der Waals surface area contributed by atoms with Gasteiger partial charge in [0.2, 0.25) is 0 Å². The summed E-state index contributed by atoms with van der Waals surface area (Å²) in [5.41, 5.74) is 3.08. The van der Waals surface area contributed by atoms with Crippen molar-refractivity contribution < 1.29 is 0 Å². The maximum Gasteiger partial charge on any atom is 0.117 e. The van der Waals surface area contributed by atoms with Crippen LogP contribution in [0.25, 0.3) is 0 Å². The van der Waals surface area contributed by atoms with Gasteiger partial charge in [0.15, 0.2) is 0 Å². The Kier molecular flexibility index (Phi) is 3.75. The van der Waals surface area contributed by atoms with E-state index in [0.29, 0.717) is 5.92 Å². The Labute approximate surface area is 126 Å². The molecule has 0 unspecified atom stereocenters. The largest absolute Gasteiger partial charge is 0.326 e. The van der Waals surface area contributed by atoms with Gasteiger partial charge in [-0.3, -0.25) is 0 Å². The summed E-state index contributed by atoms with van der Waals surface area (Å²) in [6, 6.07) is 23.2. The van der Waals surface area contributed by atoms with E-state index < -0.39 is 0 Å². The Bertz CT molecular complexity index is 668. The average Bonchev–Trinajstić information content (AvgIpc) is 2.55. The number of allylic oxidation sites excluding steroid dienone is 2. The van der Waals surface area contributed by atoms with Crippen LogP contribution >= 0.6 is 0 Å². The van der Waals surface area contributed by atoms with Crippen molar-refractivity contribution in [3.63, 3.8) is 0 Å². The van der Waals surface area contributed by atoms with E-state index in [-0.39, 0.29) is 6.04 Å². The molecular weight excluding hydrogens is 256 g/mol. The molecule has 0 aromatic heterocycles. The van der Waals surface area contributed by atoms with Crippen LogP contribution in [-0.2, 0) is 0 Å². The van der Waals surface area contributed by atoms with Gasteiger partial charge in [0.1, 0.15) is 11.8 Å². The molecule has 1 aliphatic rings. The summed E-state index contributed by atoms with van der Waals surface area (Å²) in [6.45, 7) is 2.18. The molecule has 0 fully saturated rings. The van der Waals surface area contributed by atoms with Crippen molar-refractivity contribution in [1.82, 2.24) is 0 Å². The highest BCUT2D eigenvalue weighted by atomic mass is 15.2. The minimum Gasteiger partial charge on any atom is -0.326 e. The predicted molar refractivity (Wildman–Crippen MR) is 85.6 cm³/mol. The van der Waals surface area contributed by atoms with Crippen LogP contribution in [0.3, 0.4) is 0 Å². The highest BCUT2D eigenvalue weighted by molar-refractivity contribution is 5.59. The highest BCUT2D eigenvalue weighted by Crippen LogP contribution is 2.39. The topological polar surface area (TPSA) is 27.0 Å². The first-order valence-electron chi connectivity index (χ1n) is 7.30. The predicted octanol–water partition coefficient (Wildman–Crippen LogP) is 4.68. The van der Waals surface area contributed by atoms with Crippen molar-refractivity contribution in [3.05, 3.63) is 78.0 Å². The van der Waals surface area contributed by atoms with Gasteiger partial charge in [-0.25, -0.2) is 0 Å².